The van der Waals surface area contributed by atoms with Crippen LogP contribution in [0.3, 0.4) is 0 Å². The highest BCUT2D eigenvalue weighted by molar-refractivity contribution is 8.76. The first-order valence-electron chi connectivity index (χ1n) is 19.7. The van der Waals surface area contributed by atoms with Crippen LogP contribution in [0.5, 0.6) is 0 Å². The number of hydroxylamine groups is 4. The van der Waals surface area contributed by atoms with Gasteiger partial charge in [-0.2, -0.15) is 0 Å². The van der Waals surface area contributed by atoms with Gasteiger partial charge in [-0.1, -0.05) is 21.6 Å². The fourth-order valence-electron chi connectivity index (χ4n) is 4.53. The first-order valence-corrected chi connectivity index (χ1v) is 22.2. The topological polar surface area (TPSA) is 259 Å². The Bertz CT molecular complexity index is 1190. The number of ether oxygens (including phenoxy) is 8. The number of rotatable bonds is 39. The third-order valence-corrected chi connectivity index (χ3v) is 9.98. The van der Waals surface area contributed by atoms with Gasteiger partial charge in [-0.3, -0.25) is 28.8 Å². The van der Waals surface area contributed by atoms with Gasteiger partial charge in [-0.15, -0.1) is 10.1 Å². The summed E-state index contributed by atoms with van der Waals surface area (Å²) in [5.41, 5.74) is 0. The summed E-state index contributed by atoms with van der Waals surface area (Å²) in [7, 11) is 3.06. The molecule has 24 heteroatoms. The van der Waals surface area contributed by atoms with Gasteiger partial charge in [0.15, 0.2) is 0 Å². The van der Waals surface area contributed by atoms with Gasteiger partial charge in [-0.05, 0) is 0 Å². The van der Waals surface area contributed by atoms with Gasteiger partial charge in [0.2, 0.25) is 11.8 Å². The minimum absolute atomic E-state index is 0.0416. The van der Waals surface area contributed by atoms with E-state index in [9.17, 15) is 38.4 Å². The Morgan fingerprint density at radius 1 is 0.400 bits per heavy atom. The second-order valence-corrected chi connectivity index (χ2v) is 15.0. The number of carbonyl (C=O) groups is 8. The number of imide groups is 2. The molecule has 0 unspecified atom stereocenters. The van der Waals surface area contributed by atoms with Crippen molar-refractivity contribution in [1.29, 1.82) is 0 Å². The van der Waals surface area contributed by atoms with Crippen LogP contribution in [-0.4, -0.2) is 188 Å². The molecule has 2 N–H and O–H groups in total. The predicted octanol–water partition coefficient (Wildman–Crippen LogP) is -0.492. The van der Waals surface area contributed by atoms with E-state index in [1.165, 1.54) is 21.6 Å². The molecule has 0 bridgehead atoms. The van der Waals surface area contributed by atoms with Crippen molar-refractivity contribution in [3.63, 3.8) is 0 Å². The summed E-state index contributed by atoms with van der Waals surface area (Å²) in [4.78, 5) is 102. The van der Waals surface area contributed by atoms with E-state index in [4.69, 9.17) is 47.6 Å². The van der Waals surface area contributed by atoms with Crippen LogP contribution in [0.4, 0.5) is 0 Å². The van der Waals surface area contributed by atoms with E-state index in [0.29, 0.717) is 127 Å². The van der Waals surface area contributed by atoms with Crippen LogP contribution in [0.25, 0.3) is 0 Å². The summed E-state index contributed by atoms with van der Waals surface area (Å²) >= 11 is 0. The monoisotopic (exact) mass is 898 g/mol. The number of nitrogens with one attached hydrogen (secondary N) is 2. The second-order valence-electron chi connectivity index (χ2n) is 12.3. The Kier molecular flexibility index (Phi) is 30.9. The molecule has 0 aromatic heterocycles. The molecule has 60 heavy (non-hydrogen) atoms. The smallest absolute Gasteiger partial charge is 0.335 e. The molecule has 22 nitrogen and oxygen atoms in total. The quantitative estimate of drug-likeness (QED) is 0.0448. The van der Waals surface area contributed by atoms with Crippen molar-refractivity contribution in [1.82, 2.24) is 20.8 Å². The molecule has 0 aromatic rings. The van der Waals surface area contributed by atoms with E-state index in [0.717, 1.165) is 0 Å². The lowest BCUT2D eigenvalue weighted by atomic mass is 10.4. The maximum Gasteiger partial charge on any atom is 0.335 e. The summed E-state index contributed by atoms with van der Waals surface area (Å²) in [5.74, 6) is -2.47. The Morgan fingerprint density at radius 2 is 0.667 bits per heavy atom. The highest BCUT2D eigenvalue weighted by Gasteiger charge is 2.33. The van der Waals surface area contributed by atoms with Gasteiger partial charge in [0, 0.05) is 63.1 Å². The summed E-state index contributed by atoms with van der Waals surface area (Å²) < 4.78 is 43.0. The fraction of sp³-hybridized carbons (Fsp3) is 0.778. The number of hydrogen-bond acceptors (Lipinski definition) is 20. The Balaban J connectivity index is 1.20. The molecule has 0 spiro atoms. The van der Waals surface area contributed by atoms with Gasteiger partial charge in [-0.25, -0.2) is 9.59 Å². The highest BCUT2D eigenvalue weighted by Crippen LogP contribution is 2.22. The summed E-state index contributed by atoms with van der Waals surface area (Å²) in [6.07, 6.45) is 0.681. The molecule has 0 aliphatic carbocycles. The molecule has 2 fully saturated rings. The van der Waals surface area contributed by atoms with Gasteiger partial charge >= 0.3 is 11.9 Å². The maximum absolute atomic E-state index is 12.0. The second kappa shape index (κ2) is 35.2. The molecule has 342 valence electrons. The van der Waals surface area contributed by atoms with Gasteiger partial charge in [0.05, 0.1) is 119 Å². The van der Waals surface area contributed by atoms with E-state index in [1.807, 2.05) is 0 Å². The molecule has 0 saturated carbocycles. The first kappa shape index (κ1) is 52.7. The molecule has 2 saturated heterocycles. The van der Waals surface area contributed by atoms with Gasteiger partial charge in [0.25, 0.3) is 23.6 Å². The lowest BCUT2D eigenvalue weighted by Gasteiger charge is -2.12. The van der Waals surface area contributed by atoms with Crippen LogP contribution in [0.1, 0.15) is 51.4 Å². The molecule has 2 aliphatic heterocycles. The number of nitrogens with zero attached hydrogens (tertiary/aromatic N) is 2. The molecule has 2 rings (SSSR count). The Morgan fingerprint density at radius 3 is 0.967 bits per heavy atom. The predicted molar refractivity (Wildman–Crippen MR) is 210 cm³/mol. The van der Waals surface area contributed by atoms with E-state index in [-0.39, 0.29) is 76.8 Å². The van der Waals surface area contributed by atoms with Crippen molar-refractivity contribution in [2.45, 2.75) is 51.4 Å². The third-order valence-electron chi connectivity index (χ3n) is 7.58. The number of carbonyl (C=O) groups excluding carboxylic acids is 8. The maximum atomic E-state index is 12.0. The van der Waals surface area contributed by atoms with Crippen molar-refractivity contribution in [3.05, 3.63) is 0 Å². The van der Waals surface area contributed by atoms with Crippen LogP contribution in [0, 0.1) is 0 Å². The van der Waals surface area contributed by atoms with Gasteiger partial charge < -0.3 is 58.2 Å². The summed E-state index contributed by atoms with van der Waals surface area (Å²) in [6, 6.07) is 0. The van der Waals surface area contributed by atoms with Crippen molar-refractivity contribution >= 4 is 69.0 Å². The minimum Gasteiger partial charge on any atom is -0.378 e. The molecule has 0 radical (unpaired) electrons. The molecule has 0 aromatic carbocycles. The third kappa shape index (κ3) is 27.4. The minimum atomic E-state index is -0.720. The van der Waals surface area contributed by atoms with Crippen LogP contribution >= 0.6 is 21.6 Å². The molecule has 0 atom stereocenters. The van der Waals surface area contributed by atoms with E-state index in [1.54, 1.807) is 0 Å². The molecule has 6 amide bonds. The largest absolute Gasteiger partial charge is 0.378 e. The van der Waals surface area contributed by atoms with Crippen molar-refractivity contribution < 1.29 is 85.9 Å². The number of hydrogen-bond donors (Lipinski definition) is 2. The van der Waals surface area contributed by atoms with Crippen molar-refractivity contribution in [2.24, 2.45) is 0 Å². The summed E-state index contributed by atoms with van der Waals surface area (Å²) in [5, 5.41) is 6.60. The zero-order valence-corrected chi connectivity index (χ0v) is 35.5. The van der Waals surface area contributed by atoms with E-state index >= 15 is 0 Å². The summed E-state index contributed by atoms with van der Waals surface area (Å²) in [6.45, 7) is 5.64. The van der Waals surface area contributed by atoms with Crippen LogP contribution in [0.2, 0.25) is 0 Å². The normalized spacial score (nSPS) is 14.0. The number of amides is 6. The van der Waals surface area contributed by atoms with Crippen LogP contribution in [-0.2, 0) is 85.9 Å². The molecular formula is C36H58N4O18S2. The van der Waals surface area contributed by atoms with Crippen molar-refractivity contribution in [2.75, 3.05) is 130 Å². The average molecular weight is 899 g/mol. The first-order chi connectivity index (χ1) is 29.2. The fourth-order valence-corrected chi connectivity index (χ4v) is 6.51. The SMILES string of the molecule is O=C(CCSSCCC(=O)NCCOCCOCCOCCOCCC(=O)ON1C(=O)CCC1=O)NCCOCCOCCOCCOCCC(=O)ON1C(=O)CCC1=O. The van der Waals surface area contributed by atoms with Gasteiger partial charge in [0.1, 0.15) is 0 Å². The zero-order chi connectivity index (χ0) is 43.5. The van der Waals surface area contributed by atoms with E-state index in [2.05, 4.69) is 10.6 Å². The molecular weight excluding hydrogens is 841 g/mol. The molecule has 2 aliphatic rings. The molecule has 2 heterocycles. The van der Waals surface area contributed by atoms with Crippen LogP contribution in [0.15, 0.2) is 0 Å². The zero-order valence-electron chi connectivity index (χ0n) is 33.9. The Hall–Kier alpha value is -3.46. The van der Waals surface area contributed by atoms with Crippen molar-refractivity contribution in [3.8, 4) is 0 Å². The Labute approximate surface area is 356 Å². The lowest BCUT2D eigenvalue weighted by Crippen LogP contribution is -2.32. The van der Waals surface area contributed by atoms with E-state index < -0.39 is 35.6 Å². The average Bonchev–Trinajstić information content (AvgIpc) is 3.72. The van der Waals surface area contributed by atoms with Crippen LogP contribution < -0.4 is 10.6 Å². The standard InChI is InChI=1S/C36H58N4O18S2/c41-29(37-9-13-51-17-21-55-25-23-53-19-15-49-11-5-35(47)57-39-31(43)1-2-32(39)44)7-27-59-60-28-8-30(42)38-10-14-52-18-22-56-26-24-54-20-16-50-12-6-36(48)58-40-33(45)3-4-34(40)46/h1-28H2,(H,37,41)(H,38,42). The highest BCUT2D eigenvalue weighted by atomic mass is 33.1. The lowest BCUT2D eigenvalue weighted by molar-refractivity contribution is -0.198.